The van der Waals surface area contributed by atoms with Crippen molar-refractivity contribution in [3.8, 4) is 0 Å². The van der Waals surface area contributed by atoms with Crippen LogP contribution in [-0.4, -0.2) is 31.3 Å². The van der Waals surface area contributed by atoms with Gasteiger partial charge in [0.1, 0.15) is 0 Å². The first kappa shape index (κ1) is 12.6. The predicted octanol–water partition coefficient (Wildman–Crippen LogP) is 2.19. The summed E-state index contributed by atoms with van der Waals surface area (Å²) in [6.07, 6.45) is -1.61. The molecule has 0 saturated carbocycles. The zero-order chi connectivity index (χ0) is 13.6. The van der Waals surface area contributed by atoms with Crippen LogP contribution in [0.5, 0.6) is 0 Å². The second-order valence-electron chi connectivity index (χ2n) is 4.39. The van der Waals surface area contributed by atoms with Crippen molar-refractivity contribution in [2.45, 2.75) is 11.0 Å². The minimum atomic E-state index is -0.904. The van der Waals surface area contributed by atoms with E-state index in [0.29, 0.717) is 10.6 Å². The molecule has 1 fully saturated rings. The van der Waals surface area contributed by atoms with Gasteiger partial charge in [-0.15, -0.1) is 11.8 Å². The average Bonchev–Trinajstić information content (AvgIpc) is 2.69. The Kier molecular flexibility index (Phi) is 3.06. The van der Waals surface area contributed by atoms with Crippen molar-refractivity contribution < 1.29 is 14.3 Å². The van der Waals surface area contributed by atoms with Crippen LogP contribution in [0.3, 0.4) is 0 Å². The molecule has 7 heteroatoms. The summed E-state index contributed by atoms with van der Waals surface area (Å²) < 4.78 is 5.03. The van der Waals surface area contributed by atoms with Crippen LogP contribution in [-0.2, 0) is 9.53 Å². The lowest BCUT2D eigenvalue weighted by Crippen LogP contribution is -2.26. The molecule has 2 heterocycles. The minimum absolute atomic E-state index is 0.441. The topological polar surface area (TPSA) is 58.6 Å². The molecule has 1 saturated heterocycles. The summed E-state index contributed by atoms with van der Waals surface area (Å²) in [6.45, 7) is 0.911. The van der Waals surface area contributed by atoms with Gasteiger partial charge in [-0.2, -0.15) is 0 Å². The summed E-state index contributed by atoms with van der Waals surface area (Å²) in [5.41, 5.74) is 1.62. The van der Waals surface area contributed by atoms with E-state index >= 15 is 0 Å². The summed E-state index contributed by atoms with van der Waals surface area (Å²) in [5.74, 6) is 0.476. The van der Waals surface area contributed by atoms with Crippen LogP contribution in [0.15, 0.2) is 17.0 Å². The third kappa shape index (κ3) is 2.15. The molecular weight excluding hydrogens is 288 g/mol. The molecular formula is C12H11ClN2O3S. The Morgan fingerprint density at radius 3 is 2.95 bits per heavy atom. The van der Waals surface area contributed by atoms with Gasteiger partial charge in [-0.1, -0.05) is 11.6 Å². The van der Waals surface area contributed by atoms with Crippen LogP contribution in [0.1, 0.15) is 11.7 Å². The zero-order valence-electron chi connectivity index (χ0n) is 10.1. The largest absolute Gasteiger partial charge is 0.431 e. The zero-order valence-corrected chi connectivity index (χ0v) is 11.7. The van der Waals surface area contributed by atoms with E-state index in [1.165, 1.54) is 0 Å². The fraction of sp³-hybridized carbons (Fsp3) is 0.333. The molecule has 5 nitrogen and oxygen atoms in total. The Labute approximate surface area is 119 Å². The van der Waals surface area contributed by atoms with Gasteiger partial charge in [-0.25, -0.2) is 4.79 Å². The molecule has 0 aliphatic carbocycles. The van der Waals surface area contributed by atoms with Gasteiger partial charge in [-0.3, -0.25) is 10.1 Å². The summed E-state index contributed by atoms with van der Waals surface area (Å²) >= 11 is 7.75. The number of carbonyl (C=O) groups is 2. The number of thioether (sulfide) groups is 1. The van der Waals surface area contributed by atoms with Gasteiger partial charge in [0, 0.05) is 34.8 Å². The highest BCUT2D eigenvalue weighted by atomic mass is 35.5. The van der Waals surface area contributed by atoms with Crippen molar-refractivity contribution >= 4 is 41.1 Å². The van der Waals surface area contributed by atoms with E-state index in [4.69, 9.17) is 16.3 Å². The number of alkyl carbamates (subject to hydrolysis) is 1. The van der Waals surface area contributed by atoms with E-state index in [-0.39, 0.29) is 0 Å². The standard InChI is InChI=1S/C12H11ClN2O3S/c1-15-2-3-19-10-7(4-6(13)5-8(10)15)9-11(16)14-12(17)18-9/h4-5,9H,2-3H2,1H3,(H,14,16,17). The van der Waals surface area contributed by atoms with Crippen molar-refractivity contribution in [2.24, 2.45) is 0 Å². The Hall–Kier alpha value is -1.40. The van der Waals surface area contributed by atoms with E-state index in [0.717, 1.165) is 22.9 Å². The lowest BCUT2D eigenvalue weighted by molar-refractivity contribution is -0.123. The maximum Gasteiger partial charge on any atom is 0.415 e. The molecule has 100 valence electrons. The Morgan fingerprint density at radius 2 is 2.26 bits per heavy atom. The molecule has 19 heavy (non-hydrogen) atoms. The lowest BCUT2D eigenvalue weighted by atomic mass is 10.1. The summed E-state index contributed by atoms with van der Waals surface area (Å²) in [5, 5.41) is 2.66. The fourth-order valence-corrected chi connectivity index (χ4v) is 3.69. The number of anilines is 1. The first-order valence-electron chi connectivity index (χ1n) is 5.75. The number of rotatable bonds is 1. The van der Waals surface area contributed by atoms with Gasteiger partial charge in [0.15, 0.2) is 0 Å². The number of hydrogen-bond acceptors (Lipinski definition) is 5. The normalized spacial score (nSPS) is 22.0. The van der Waals surface area contributed by atoms with Gasteiger partial charge in [-0.05, 0) is 12.1 Å². The monoisotopic (exact) mass is 298 g/mol. The number of halogens is 1. The molecule has 2 aliphatic heterocycles. The first-order valence-corrected chi connectivity index (χ1v) is 7.11. The van der Waals surface area contributed by atoms with Gasteiger partial charge >= 0.3 is 6.09 Å². The number of hydrogen-bond donors (Lipinski definition) is 1. The molecule has 0 aromatic heterocycles. The molecule has 1 atom stereocenters. The first-order chi connectivity index (χ1) is 9.06. The smallest absolute Gasteiger partial charge is 0.415 e. The fourth-order valence-electron chi connectivity index (χ4n) is 2.20. The highest BCUT2D eigenvalue weighted by Gasteiger charge is 2.36. The van der Waals surface area contributed by atoms with Gasteiger partial charge < -0.3 is 9.64 Å². The third-order valence-electron chi connectivity index (χ3n) is 3.12. The van der Waals surface area contributed by atoms with Crippen LogP contribution in [0.2, 0.25) is 5.02 Å². The summed E-state index contributed by atoms with van der Waals surface area (Å²) in [6, 6.07) is 3.55. The molecule has 1 N–H and O–H groups in total. The maximum atomic E-state index is 11.7. The molecule has 1 unspecified atom stereocenters. The third-order valence-corrected chi connectivity index (χ3v) is 4.46. The molecule has 0 spiro atoms. The molecule has 2 aliphatic rings. The van der Waals surface area contributed by atoms with E-state index in [1.807, 2.05) is 13.1 Å². The van der Waals surface area contributed by atoms with E-state index < -0.39 is 18.1 Å². The SMILES string of the molecule is CN1CCSc2c(C3OC(=O)NC3=O)cc(Cl)cc21. The number of carbonyl (C=O) groups excluding carboxylic acids is 2. The minimum Gasteiger partial charge on any atom is -0.431 e. The molecule has 2 amide bonds. The quantitative estimate of drug-likeness (QED) is 0.861. The average molecular weight is 299 g/mol. The number of nitrogens with zero attached hydrogens (tertiary/aromatic N) is 1. The number of fused-ring (bicyclic) bond motifs is 1. The molecule has 0 radical (unpaired) electrons. The molecule has 1 aromatic carbocycles. The lowest BCUT2D eigenvalue weighted by Gasteiger charge is -2.29. The van der Waals surface area contributed by atoms with Crippen molar-refractivity contribution in [1.82, 2.24) is 5.32 Å². The Bertz CT molecular complexity index is 578. The number of nitrogens with one attached hydrogen (secondary N) is 1. The van der Waals surface area contributed by atoms with Crippen molar-refractivity contribution in [2.75, 3.05) is 24.2 Å². The Morgan fingerprint density at radius 1 is 1.47 bits per heavy atom. The van der Waals surface area contributed by atoms with Crippen LogP contribution in [0.4, 0.5) is 10.5 Å². The number of cyclic esters (lactones) is 1. The molecule has 1 aromatic rings. The van der Waals surface area contributed by atoms with Crippen molar-refractivity contribution in [3.63, 3.8) is 0 Å². The van der Waals surface area contributed by atoms with Crippen LogP contribution in [0.25, 0.3) is 0 Å². The number of ether oxygens (including phenoxy) is 1. The van der Waals surface area contributed by atoms with Crippen LogP contribution >= 0.6 is 23.4 Å². The number of benzene rings is 1. The summed E-state index contributed by atoms with van der Waals surface area (Å²) in [7, 11) is 1.97. The summed E-state index contributed by atoms with van der Waals surface area (Å²) in [4.78, 5) is 25.9. The van der Waals surface area contributed by atoms with E-state index in [2.05, 4.69) is 10.2 Å². The predicted molar refractivity (Wildman–Crippen MR) is 72.8 cm³/mol. The van der Waals surface area contributed by atoms with Crippen molar-refractivity contribution in [3.05, 3.63) is 22.7 Å². The number of amides is 2. The van der Waals surface area contributed by atoms with Gasteiger partial charge in [0.2, 0.25) is 6.10 Å². The van der Waals surface area contributed by atoms with Crippen LogP contribution < -0.4 is 10.2 Å². The second-order valence-corrected chi connectivity index (χ2v) is 5.93. The van der Waals surface area contributed by atoms with Crippen molar-refractivity contribution in [1.29, 1.82) is 0 Å². The maximum absolute atomic E-state index is 11.7. The highest BCUT2D eigenvalue weighted by molar-refractivity contribution is 7.99. The highest BCUT2D eigenvalue weighted by Crippen LogP contribution is 2.42. The Balaban J connectivity index is 2.11. The van der Waals surface area contributed by atoms with E-state index in [1.54, 1.807) is 17.8 Å². The molecule has 3 rings (SSSR count). The van der Waals surface area contributed by atoms with E-state index in [9.17, 15) is 9.59 Å². The molecule has 0 bridgehead atoms. The van der Waals surface area contributed by atoms with Gasteiger partial charge in [0.05, 0.1) is 5.69 Å². The second kappa shape index (κ2) is 4.61. The van der Waals surface area contributed by atoms with Crippen LogP contribution in [0, 0.1) is 0 Å². The van der Waals surface area contributed by atoms with Gasteiger partial charge in [0.25, 0.3) is 5.91 Å². The number of imide groups is 1.